The fourth-order valence-corrected chi connectivity index (χ4v) is 2.84. The Hall–Kier alpha value is -3.42. The summed E-state index contributed by atoms with van der Waals surface area (Å²) in [5.74, 6) is -1.26. The van der Waals surface area contributed by atoms with Gasteiger partial charge in [0, 0.05) is 24.5 Å². The zero-order chi connectivity index (χ0) is 19.6. The molecular formula is C19H21N5O3. The van der Waals surface area contributed by atoms with E-state index in [1.165, 1.54) is 10.7 Å². The lowest BCUT2D eigenvalue weighted by Gasteiger charge is -2.10. The smallest absolute Gasteiger partial charge is 0.356 e. The van der Waals surface area contributed by atoms with Crippen LogP contribution in [0.15, 0.2) is 42.7 Å². The summed E-state index contributed by atoms with van der Waals surface area (Å²) < 4.78 is 3.30. The number of hydrogen-bond donors (Lipinski definition) is 2. The van der Waals surface area contributed by atoms with E-state index in [4.69, 9.17) is 5.11 Å². The molecule has 0 unspecified atom stereocenters. The van der Waals surface area contributed by atoms with Crippen molar-refractivity contribution in [2.75, 3.05) is 0 Å². The number of carboxylic acid groups (broad SMARTS) is 1. The third-order valence-electron chi connectivity index (χ3n) is 4.21. The van der Waals surface area contributed by atoms with Crippen molar-refractivity contribution in [3.63, 3.8) is 0 Å². The van der Waals surface area contributed by atoms with Gasteiger partial charge in [-0.25, -0.2) is 9.48 Å². The molecule has 8 heteroatoms. The van der Waals surface area contributed by atoms with Gasteiger partial charge >= 0.3 is 5.97 Å². The fraction of sp³-hybridized carbons (Fsp3) is 0.263. The molecule has 3 aromatic rings. The average molecular weight is 367 g/mol. The molecule has 0 aliphatic rings. The van der Waals surface area contributed by atoms with E-state index in [2.05, 4.69) is 15.5 Å². The second kappa shape index (κ2) is 7.45. The highest BCUT2D eigenvalue weighted by Gasteiger charge is 2.15. The number of nitrogens with zero attached hydrogens (tertiary/aromatic N) is 4. The van der Waals surface area contributed by atoms with Crippen LogP contribution in [-0.4, -0.2) is 36.5 Å². The Morgan fingerprint density at radius 1 is 1.26 bits per heavy atom. The first-order chi connectivity index (χ1) is 12.9. The van der Waals surface area contributed by atoms with Gasteiger partial charge in [-0.05, 0) is 44.5 Å². The van der Waals surface area contributed by atoms with Crippen molar-refractivity contribution >= 4 is 11.9 Å². The molecule has 0 aliphatic carbocycles. The summed E-state index contributed by atoms with van der Waals surface area (Å²) in [5.41, 5.74) is 2.96. The lowest BCUT2D eigenvalue weighted by molar-refractivity contribution is 0.0689. The lowest BCUT2D eigenvalue weighted by atomic mass is 10.2. The van der Waals surface area contributed by atoms with E-state index >= 15 is 0 Å². The molecule has 0 radical (unpaired) electrons. The summed E-state index contributed by atoms with van der Waals surface area (Å²) >= 11 is 0. The molecule has 2 N–H and O–H groups in total. The van der Waals surface area contributed by atoms with Crippen LogP contribution >= 0.6 is 0 Å². The Morgan fingerprint density at radius 3 is 2.67 bits per heavy atom. The molecular weight excluding hydrogens is 346 g/mol. The predicted molar refractivity (Wildman–Crippen MR) is 99.0 cm³/mol. The molecule has 0 bridgehead atoms. The van der Waals surface area contributed by atoms with E-state index in [0.29, 0.717) is 12.1 Å². The Kier molecular flexibility index (Phi) is 5.07. The quantitative estimate of drug-likeness (QED) is 0.697. The van der Waals surface area contributed by atoms with Crippen LogP contribution in [-0.2, 0) is 6.54 Å². The van der Waals surface area contributed by atoms with Crippen molar-refractivity contribution in [3.05, 3.63) is 65.2 Å². The van der Waals surface area contributed by atoms with E-state index in [1.54, 1.807) is 12.4 Å². The van der Waals surface area contributed by atoms with Crippen molar-refractivity contribution < 1.29 is 14.7 Å². The van der Waals surface area contributed by atoms with Crippen LogP contribution in [0.1, 0.15) is 52.0 Å². The van der Waals surface area contributed by atoms with Gasteiger partial charge in [-0.1, -0.05) is 12.1 Å². The molecule has 2 heterocycles. The van der Waals surface area contributed by atoms with Crippen LogP contribution in [0.4, 0.5) is 0 Å². The van der Waals surface area contributed by atoms with Crippen LogP contribution in [0.3, 0.4) is 0 Å². The van der Waals surface area contributed by atoms with Crippen LogP contribution in [0.2, 0.25) is 0 Å². The Morgan fingerprint density at radius 2 is 2.04 bits per heavy atom. The number of amides is 1. The monoisotopic (exact) mass is 367 g/mol. The maximum atomic E-state index is 12.5. The number of aromatic nitrogens is 4. The number of aromatic carboxylic acids is 1. The molecule has 0 aliphatic heterocycles. The highest BCUT2D eigenvalue weighted by molar-refractivity contribution is 5.95. The Bertz CT molecular complexity index is 987. The van der Waals surface area contributed by atoms with Gasteiger partial charge < -0.3 is 10.4 Å². The minimum Gasteiger partial charge on any atom is -0.476 e. The lowest BCUT2D eigenvalue weighted by Crippen LogP contribution is -2.23. The summed E-state index contributed by atoms with van der Waals surface area (Å²) in [7, 11) is 0. The van der Waals surface area contributed by atoms with E-state index < -0.39 is 5.97 Å². The molecule has 27 heavy (non-hydrogen) atoms. The topological polar surface area (TPSA) is 102 Å². The zero-order valence-corrected chi connectivity index (χ0v) is 15.4. The molecule has 0 atom stereocenters. The maximum Gasteiger partial charge on any atom is 0.356 e. The molecule has 8 nitrogen and oxygen atoms in total. The minimum absolute atomic E-state index is 0.0219. The van der Waals surface area contributed by atoms with E-state index in [9.17, 15) is 9.59 Å². The van der Waals surface area contributed by atoms with Crippen LogP contribution in [0.25, 0.3) is 5.69 Å². The van der Waals surface area contributed by atoms with Gasteiger partial charge in [0.15, 0.2) is 5.69 Å². The van der Waals surface area contributed by atoms with Gasteiger partial charge in [-0.15, -0.1) is 0 Å². The summed E-state index contributed by atoms with van der Waals surface area (Å²) in [4.78, 5) is 23.4. The largest absolute Gasteiger partial charge is 0.476 e. The van der Waals surface area contributed by atoms with Gasteiger partial charge in [-0.2, -0.15) is 10.2 Å². The minimum atomic E-state index is -1.07. The average Bonchev–Trinajstić information content (AvgIpc) is 3.27. The molecule has 1 aromatic carbocycles. The van der Waals surface area contributed by atoms with Gasteiger partial charge in [0.25, 0.3) is 5.91 Å². The normalized spacial score (nSPS) is 11.0. The SMILES string of the molecule is Cc1c(C(=O)NCc2cccc(-n3ccc(C(=O)O)n3)c2)cnn1C(C)C. The van der Waals surface area contributed by atoms with Crippen LogP contribution < -0.4 is 5.32 Å². The summed E-state index contributed by atoms with van der Waals surface area (Å²) in [6, 6.07) is 9.01. The van der Waals surface area contributed by atoms with Crippen molar-refractivity contribution in [2.24, 2.45) is 0 Å². The van der Waals surface area contributed by atoms with E-state index in [-0.39, 0.29) is 17.6 Å². The Balaban J connectivity index is 1.71. The molecule has 0 fully saturated rings. The standard InChI is InChI=1S/C19H21N5O3/c1-12(2)24-13(3)16(11-21-24)18(25)20-10-14-5-4-6-15(9-14)23-8-7-17(22-23)19(26)27/h4-9,11-12H,10H2,1-3H3,(H,20,25)(H,26,27). The fourth-order valence-electron chi connectivity index (χ4n) is 2.84. The van der Waals surface area contributed by atoms with Crippen molar-refractivity contribution in [1.82, 2.24) is 24.9 Å². The van der Waals surface area contributed by atoms with Crippen molar-refractivity contribution in [2.45, 2.75) is 33.4 Å². The van der Waals surface area contributed by atoms with Crippen molar-refractivity contribution in [3.8, 4) is 5.69 Å². The number of carboxylic acids is 1. The second-order valence-corrected chi connectivity index (χ2v) is 6.49. The van der Waals surface area contributed by atoms with Crippen LogP contribution in [0, 0.1) is 6.92 Å². The third kappa shape index (κ3) is 3.89. The number of rotatable bonds is 6. The summed E-state index contributed by atoms with van der Waals surface area (Å²) in [5, 5.41) is 20.1. The van der Waals surface area contributed by atoms with Gasteiger partial charge in [0.2, 0.25) is 0 Å². The maximum absolute atomic E-state index is 12.5. The predicted octanol–water partition coefficient (Wildman–Crippen LogP) is 2.59. The first kappa shape index (κ1) is 18.4. The number of hydrogen-bond acceptors (Lipinski definition) is 4. The van der Waals surface area contributed by atoms with E-state index in [0.717, 1.165) is 16.9 Å². The summed E-state index contributed by atoms with van der Waals surface area (Å²) in [6.45, 7) is 6.24. The highest BCUT2D eigenvalue weighted by Crippen LogP contribution is 2.14. The molecule has 0 saturated carbocycles. The number of carbonyl (C=O) groups excluding carboxylic acids is 1. The van der Waals surface area contributed by atoms with Crippen molar-refractivity contribution in [1.29, 1.82) is 0 Å². The molecule has 0 saturated heterocycles. The van der Waals surface area contributed by atoms with Crippen LogP contribution in [0.5, 0.6) is 0 Å². The number of benzene rings is 1. The molecule has 3 rings (SSSR count). The summed E-state index contributed by atoms with van der Waals surface area (Å²) in [6.07, 6.45) is 3.17. The molecule has 1 amide bonds. The first-order valence-corrected chi connectivity index (χ1v) is 8.57. The molecule has 0 spiro atoms. The molecule has 140 valence electrons. The van der Waals surface area contributed by atoms with Gasteiger partial charge in [-0.3, -0.25) is 9.48 Å². The van der Waals surface area contributed by atoms with Gasteiger partial charge in [0.05, 0.1) is 17.4 Å². The van der Waals surface area contributed by atoms with E-state index in [1.807, 2.05) is 49.7 Å². The first-order valence-electron chi connectivity index (χ1n) is 8.57. The van der Waals surface area contributed by atoms with Gasteiger partial charge in [0.1, 0.15) is 0 Å². The molecule has 2 aromatic heterocycles. The zero-order valence-electron chi connectivity index (χ0n) is 15.4. The highest BCUT2D eigenvalue weighted by atomic mass is 16.4. The number of nitrogens with one attached hydrogen (secondary N) is 1. The number of carbonyl (C=O) groups is 2. The third-order valence-corrected chi connectivity index (χ3v) is 4.21. The second-order valence-electron chi connectivity index (χ2n) is 6.49. The Labute approximate surface area is 156 Å².